The fraction of sp³-hybridized carbons (Fsp3) is 0.894. The molecule has 0 aromatic carbocycles. The van der Waals surface area contributed by atoms with Crippen LogP contribution in [0.2, 0.25) is 0 Å². The Morgan fingerprint density at radius 2 is 0.776 bits per heavy atom. The zero-order valence-electron chi connectivity index (χ0n) is 52.3. The van der Waals surface area contributed by atoms with Gasteiger partial charge in [0.25, 0.3) is 0 Å². The molecule has 0 radical (unpaired) electrons. The Hall–Kier alpha value is -1.99. The molecule has 0 aromatic rings. The largest absolute Gasteiger partial charge is 0.394 e. The van der Waals surface area contributed by atoms with Crippen molar-refractivity contribution in [1.29, 1.82) is 0 Å². The molecule has 3 aliphatic rings. The number of carbonyl (C=O) groups excluding carboxylic acids is 1. The Kier molecular flexibility index (Phi) is 44.4. The van der Waals surface area contributed by atoms with Crippen molar-refractivity contribution in [3.05, 3.63) is 36.5 Å². The summed E-state index contributed by atoms with van der Waals surface area (Å²) in [5.41, 5.74) is 0. The Morgan fingerprint density at radius 1 is 0.424 bits per heavy atom. The maximum Gasteiger partial charge on any atom is 0.220 e. The van der Waals surface area contributed by atoms with Gasteiger partial charge in [0.1, 0.15) is 73.2 Å². The molecule has 0 saturated carbocycles. The van der Waals surface area contributed by atoms with Gasteiger partial charge in [0.15, 0.2) is 18.9 Å². The monoisotopic (exact) mass is 1220 g/mol. The van der Waals surface area contributed by atoms with E-state index >= 15 is 0 Å². The van der Waals surface area contributed by atoms with Crippen LogP contribution in [0.1, 0.15) is 245 Å². The lowest BCUT2D eigenvalue weighted by molar-refractivity contribution is -0.379. The second-order valence-electron chi connectivity index (χ2n) is 24.3. The molecule has 3 fully saturated rings. The first kappa shape index (κ1) is 77.3. The number of amides is 1. The molecular weight excluding hydrogens is 1090 g/mol. The highest BCUT2D eigenvalue weighted by Gasteiger charge is 2.53. The molecule has 0 spiro atoms. The number of allylic oxidation sites excluding steroid dienone is 6. The topological polar surface area (TPSA) is 307 Å². The summed E-state index contributed by atoms with van der Waals surface area (Å²) in [5.74, 6) is -0.249. The van der Waals surface area contributed by atoms with Gasteiger partial charge in [0, 0.05) is 6.42 Å². The van der Waals surface area contributed by atoms with Crippen LogP contribution in [0, 0.1) is 0 Å². The lowest BCUT2D eigenvalue weighted by Crippen LogP contribution is -2.66. The fourth-order valence-corrected chi connectivity index (χ4v) is 11.4. The third kappa shape index (κ3) is 31.5. The smallest absolute Gasteiger partial charge is 0.220 e. The minimum atomic E-state index is -1.97. The van der Waals surface area contributed by atoms with E-state index in [4.69, 9.17) is 28.4 Å². The van der Waals surface area contributed by atoms with Gasteiger partial charge in [-0.3, -0.25) is 4.79 Å². The van der Waals surface area contributed by atoms with Crippen molar-refractivity contribution in [3.8, 4) is 0 Å². The molecule has 1 amide bonds. The van der Waals surface area contributed by atoms with Crippen LogP contribution in [0.4, 0.5) is 0 Å². The summed E-state index contributed by atoms with van der Waals surface area (Å²) in [5, 5.41) is 121. The van der Waals surface area contributed by atoms with Gasteiger partial charge in [-0.2, -0.15) is 0 Å². The summed E-state index contributed by atoms with van der Waals surface area (Å²) >= 11 is 0. The minimum absolute atomic E-state index is 0.249. The Labute approximate surface area is 511 Å². The first-order chi connectivity index (χ1) is 41.3. The molecule has 17 atom stereocenters. The SMILES string of the molecule is CCCCCCC/C=C\C/C=C\C/C=C\CCCCCCCCCCC(=O)NC(COC1OC(CO)C(OC2OC(CO)C(OC3OC(CO)C(O)C(O)C3O)C(O)C2O)C(O)C1O)C(O)CCCCCCCCCCCCCCCCCCC. The Balaban J connectivity index is 1.45. The normalized spacial score (nSPS) is 29.2. The molecule has 0 aromatic heterocycles. The number of nitrogens with one attached hydrogen (secondary N) is 1. The summed E-state index contributed by atoms with van der Waals surface area (Å²) in [4.78, 5) is 13.4. The number of hydrogen-bond acceptors (Lipinski definition) is 18. The third-order valence-corrected chi connectivity index (χ3v) is 17.0. The predicted octanol–water partition coefficient (Wildman–Crippen LogP) is 8.05. The molecule has 19 nitrogen and oxygen atoms in total. The van der Waals surface area contributed by atoms with Crippen LogP contribution in [0.3, 0.4) is 0 Å². The lowest BCUT2D eigenvalue weighted by atomic mass is 9.96. The van der Waals surface area contributed by atoms with Gasteiger partial charge in [-0.25, -0.2) is 0 Å². The highest BCUT2D eigenvalue weighted by Crippen LogP contribution is 2.33. The molecule has 17 unspecified atom stereocenters. The van der Waals surface area contributed by atoms with Crippen LogP contribution in [0.25, 0.3) is 0 Å². The molecule has 3 rings (SSSR count). The van der Waals surface area contributed by atoms with Crippen molar-refractivity contribution in [2.45, 2.75) is 349 Å². The van der Waals surface area contributed by atoms with E-state index in [1.165, 1.54) is 141 Å². The number of ether oxygens (including phenoxy) is 6. The fourth-order valence-electron chi connectivity index (χ4n) is 11.4. The maximum absolute atomic E-state index is 13.4. The van der Waals surface area contributed by atoms with Gasteiger partial charge >= 0.3 is 0 Å². The Bertz CT molecular complexity index is 1690. The predicted molar refractivity (Wildman–Crippen MR) is 328 cm³/mol. The van der Waals surface area contributed by atoms with E-state index < -0.39 is 124 Å². The average molecular weight is 1220 g/mol. The minimum Gasteiger partial charge on any atom is -0.394 e. The van der Waals surface area contributed by atoms with E-state index in [-0.39, 0.29) is 18.9 Å². The molecule has 85 heavy (non-hydrogen) atoms. The summed E-state index contributed by atoms with van der Waals surface area (Å²) in [6.45, 7) is 1.79. The molecule has 3 heterocycles. The van der Waals surface area contributed by atoms with Gasteiger partial charge in [0.05, 0.1) is 38.6 Å². The van der Waals surface area contributed by atoms with Gasteiger partial charge in [-0.05, 0) is 51.4 Å². The number of unbranched alkanes of at least 4 members (excludes halogenated alkanes) is 29. The van der Waals surface area contributed by atoms with Crippen molar-refractivity contribution in [1.82, 2.24) is 5.32 Å². The van der Waals surface area contributed by atoms with Crippen molar-refractivity contribution >= 4 is 5.91 Å². The van der Waals surface area contributed by atoms with Gasteiger partial charge in [0.2, 0.25) is 5.91 Å². The molecule has 19 heteroatoms. The summed E-state index contributed by atoms with van der Waals surface area (Å²) in [7, 11) is 0. The molecule has 3 saturated heterocycles. The molecule has 12 N–H and O–H groups in total. The third-order valence-electron chi connectivity index (χ3n) is 17.0. The van der Waals surface area contributed by atoms with E-state index in [1.807, 2.05) is 0 Å². The zero-order chi connectivity index (χ0) is 61.9. The Morgan fingerprint density at radius 3 is 1.21 bits per heavy atom. The summed E-state index contributed by atoms with van der Waals surface area (Å²) in [6.07, 6.45) is 27.8. The van der Waals surface area contributed by atoms with E-state index in [2.05, 4.69) is 55.6 Å². The van der Waals surface area contributed by atoms with E-state index in [9.17, 15) is 61.0 Å². The van der Waals surface area contributed by atoms with Crippen molar-refractivity contribution in [2.75, 3.05) is 26.4 Å². The molecule has 0 bridgehead atoms. The van der Waals surface area contributed by atoms with Crippen LogP contribution >= 0.6 is 0 Å². The standard InChI is InChI=1S/C66H121NO18/c1-3-5-7-9-11-13-15-17-19-21-22-23-24-25-26-28-30-32-34-36-38-40-42-44-54(72)67-49(50(71)43-41-39-37-35-33-31-29-27-20-18-16-14-12-10-8-6-4-2)48-80-64-60(78)57(75)62(52(46-69)82-64)85-66-61(79)58(76)63(53(47-70)83-66)84-65-59(77)56(74)55(73)51(45-68)81-65/h15,17,21-22,24-25,49-53,55-66,68-71,73-79H,3-14,16,18-20,23,26-48H2,1-2H3,(H,67,72)/b17-15-,22-21-,25-24-. The maximum atomic E-state index is 13.4. The number of aliphatic hydroxyl groups excluding tert-OH is 11. The van der Waals surface area contributed by atoms with Crippen LogP contribution < -0.4 is 5.32 Å². The first-order valence-electron chi connectivity index (χ1n) is 33.7. The number of rotatable bonds is 51. The molecule has 498 valence electrons. The van der Waals surface area contributed by atoms with E-state index in [1.54, 1.807) is 0 Å². The highest BCUT2D eigenvalue weighted by atomic mass is 16.8. The second-order valence-corrected chi connectivity index (χ2v) is 24.3. The van der Waals surface area contributed by atoms with E-state index in [0.717, 1.165) is 70.6 Å². The van der Waals surface area contributed by atoms with E-state index in [0.29, 0.717) is 12.8 Å². The van der Waals surface area contributed by atoms with Crippen molar-refractivity contribution < 1.29 is 89.4 Å². The average Bonchev–Trinajstić information content (AvgIpc) is 3.64. The van der Waals surface area contributed by atoms with Crippen LogP contribution in [-0.2, 0) is 33.2 Å². The van der Waals surface area contributed by atoms with Crippen LogP contribution in [-0.4, -0.2) is 193 Å². The zero-order valence-corrected chi connectivity index (χ0v) is 52.3. The first-order valence-corrected chi connectivity index (χ1v) is 33.7. The molecule has 3 aliphatic heterocycles. The lowest BCUT2D eigenvalue weighted by Gasteiger charge is -2.48. The van der Waals surface area contributed by atoms with Gasteiger partial charge in [-0.1, -0.05) is 224 Å². The van der Waals surface area contributed by atoms with Gasteiger partial charge in [-0.15, -0.1) is 0 Å². The van der Waals surface area contributed by atoms with Crippen molar-refractivity contribution in [3.63, 3.8) is 0 Å². The van der Waals surface area contributed by atoms with Crippen LogP contribution in [0.5, 0.6) is 0 Å². The summed E-state index contributed by atoms with van der Waals surface area (Å²) in [6, 6.07) is -0.892. The number of hydrogen-bond donors (Lipinski definition) is 12. The van der Waals surface area contributed by atoms with Crippen LogP contribution in [0.15, 0.2) is 36.5 Å². The van der Waals surface area contributed by atoms with Gasteiger partial charge < -0.3 is 89.9 Å². The number of carbonyl (C=O) groups is 1. The second kappa shape index (κ2) is 48.8. The molecule has 0 aliphatic carbocycles. The quantitative estimate of drug-likeness (QED) is 0.0202. The molecular formula is C66H121NO18. The van der Waals surface area contributed by atoms with Crippen molar-refractivity contribution in [2.24, 2.45) is 0 Å². The highest BCUT2D eigenvalue weighted by molar-refractivity contribution is 5.76. The number of aliphatic hydroxyl groups is 11. The summed E-state index contributed by atoms with van der Waals surface area (Å²) < 4.78 is 34.4.